The van der Waals surface area contributed by atoms with Crippen LogP contribution in [0.3, 0.4) is 0 Å². The van der Waals surface area contributed by atoms with Crippen LogP contribution in [0.1, 0.15) is 65.5 Å². The van der Waals surface area contributed by atoms with Gasteiger partial charge < -0.3 is 24.9 Å². The molecule has 1 unspecified atom stereocenters. The van der Waals surface area contributed by atoms with E-state index in [0.29, 0.717) is 49.3 Å². The van der Waals surface area contributed by atoms with E-state index < -0.39 is 46.5 Å². The van der Waals surface area contributed by atoms with Gasteiger partial charge in [-0.2, -0.15) is 8.78 Å². The second kappa shape index (κ2) is 12.3. The van der Waals surface area contributed by atoms with Crippen molar-refractivity contribution < 1.29 is 41.7 Å². The molecule has 47 heavy (non-hydrogen) atoms. The Bertz CT molecular complexity index is 1900. The van der Waals surface area contributed by atoms with Crippen molar-refractivity contribution in [2.45, 2.75) is 73.1 Å². The van der Waals surface area contributed by atoms with Crippen molar-refractivity contribution in [3.05, 3.63) is 52.9 Å². The van der Waals surface area contributed by atoms with Gasteiger partial charge in [-0.25, -0.2) is 19.0 Å². The Labute approximate surface area is 272 Å². The molecular weight excluding hydrogens is 677 g/mol. The maximum atomic E-state index is 14.3. The van der Waals surface area contributed by atoms with E-state index in [1.165, 1.54) is 30.8 Å². The Hall–Kier alpha value is -3.37. The number of likely N-dealkylation sites (tertiary alicyclic amines) is 1. The summed E-state index contributed by atoms with van der Waals surface area (Å²) in [5.41, 5.74) is -5.26. The number of carbonyl (C=O) groups is 3. The number of alkyl halides is 2. The maximum absolute atomic E-state index is 14.3. The lowest BCUT2D eigenvalue weighted by Crippen LogP contribution is -2.59. The Morgan fingerprint density at radius 2 is 1.79 bits per heavy atom. The fourth-order valence-corrected chi connectivity index (χ4v) is 8.35. The summed E-state index contributed by atoms with van der Waals surface area (Å²) < 4.78 is 59.9. The lowest BCUT2D eigenvalue weighted by atomic mass is 9.97. The molecule has 1 aromatic carbocycles. The van der Waals surface area contributed by atoms with Crippen molar-refractivity contribution in [3.8, 4) is 0 Å². The Morgan fingerprint density at radius 1 is 1.11 bits per heavy atom. The van der Waals surface area contributed by atoms with Gasteiger partial charge in [-0.05, 0) is 49.3 Å². The van der Waals surface area contributed by atoms with Gasteiger partial charge in [0.15, 0.2) is 0 Å². The molecule has 2 aromatic heterocycles. The first-order chi connectivity index (χ1) is 22.0. The highest BCUT2D eigenvalue weighted by Gasteiger charge is 2.50. The zero-order chi connectivity index (χ0) is 33.9. The fourth-order valence-electron chi connectivity index (χ4n) is 6.42. The molecule has 3 aliphatic heterocycles. The van der Waals surface area contributed by atoms with Gasteiger partial charge >= 0.3 is 13.3 Å². The van der Waals surface area contributed by atoms with Crippen LogP contribution in [0.5, 0.6) is 0 Å². The molecule has 18 heteroatoms. The Morgan fingerprint density at radius 3 is 2.45 bits per heavy atom. The van der Waals surface area contributed by atoms with Crippen LogP contribution in [-0.2, 0) is 29.5 Å². The summed E-state index contributed by atoms with van der Waals surface area (Å²) in [6, 6.07) is 2.74. The molecule has 252 valence electrons. The fraction of sp³-hybridized carbons (Fsp3) is 0.483. The van der Waals surface area contributed by atoms with Crippen molar-refractivity contribution >= 4 is 56.5 Å². The third kappa shape index (κ3) is 6.43. The molecule has 3 aliphatic rings. The largest absolute Gasteiger partial charge is 0.399 e. The highest BCUT2D eigenvalue weighted by molar-refractivity contribution is 7.91. The summed E-state index contributed by atoms with van der Waals surface area (Å²) in [7, 11) is -8.71. The molecule has 4 N–H and O–H groups in total. The average molecular weight is 711 g/mol. The van der Waals surface area contributed by atoms with Gasteiger partial charge in [0.25, 0.3) is 5.91 Å². The second-order valence-electron chi connectivity index (χ2n) is 12.3. The number of amides is 3. The summed E-state index contributed by atoms with van der Waals surface area (Å²) in [5, 5.41) is 2.99. The monoisotopic (exact) mass is 710 g/mol. The number of aromatic nitrogens is 2. The first-order valence-electron chi connectivity index (χ1n) is 15.0. The lowest BCUT2D eigenvalue weighted by molar-refractivity contribution is -0.149. The van der Waals surface area contributed by atoms with Crippen molar-refractivity contribution in [1.82, 2.24) is 25.1 Å². The van der Waals surface area contributed by atoms with E-state index in [9.17, 15) is 31.9 Å². The van der Waals surface area contributed by atoms with E-state index in [4.69, 9.17) is 14.6 Å². The zero-order valence-electron chi connectivity index (χ0n) is 25.2. The van der Waals surface area contributed by atoms with Gasteiger partial charge in [0.1, 0.15) is 17.9 Å². The highest BCUT2D eigenvalue weighted by Crippen LogP contribution is 2.59. The van der Waals surface area contributed by atoms with Gasteiger partial charge in [0.05, 0.1) is 25.4 Å². The number of benzene rings is 1. The molecule has 3 fully saturated rings. The number of fused-ring (bicyclic) bond motifs is 2. The Kier molecular flexibility index (Phi) is 8.75. The standard InChI is InChI=1S/C29H33F2N6O7PS2/c1-47(32,44)20-12-33-25(34-13-20)17-14-36(15-17)28(40)22-8-7-19-4-2-3-5-21(27(39)37(19)22)35-26(38)24-11-16-10-18(6-9-23(16)46-24)29(30,31)45(41,42)43/h6,9-13,17,19,21-22,32H,2-5,7-8,14-15H2,1H3,(H,35,38)(H2,41,42,43)/t19-,21-,22-,47?/m0/s1. The summed E-state index contributed by atoms with van der Waals surface area (Å²) >= 11 is 1.00. The summed E-state index contributed by atoms with van der Waals surface area (Å²) in [6.45, 7) is 0.718. The van der Waals surface area contributed by atoms with Crippen molar-refractivity contribution in [2.75, 3.05) is 19.3 Å². The van der Waals surface area contributed by atoms with E-state index in [1.54, 1.807) is 9.80 Å². The molecule has 0 aliphatic carbocycles. The number of hydrogen-bond donors (Lipinski definition) is 4. The maximum Gasteiger partial charge on any atom is 0.399 e. The number of carbonyl (C=O) groups excluding carboxylic acids is 3. The molecule has 3 aromatic rings. The number of nitrogens with one attached hydrogen (secondary N) is 2. The van der Waals surface area contributed by atoms with E-state index in [2.05, 4.69) is 15.3 Å². The highest BCUT2D eigenvalue weighted by atomic mass is 32.2. The van der Waals surface area contributed by atoms with E-state index in [1.807, 2.05) is 0 Å². The quantitative estimate of drug-likeness (QED) is 0.265. The van der Waals surface area contributed by atoms with Crippen LogP contribution in [-0.4, -0.2) is 89.0 Å². The summed E-state index contributed by atoms with van der Waals surface area (Å²) in [4.78, 5) is 71.2. The summed E-state index contributed by atoms with van der Waals surface area (Å²) in [6.07, 6.45) is 7.79. The number of thiophene rings is 1. The molecule has 3 amide bonds. The Balaban J connectivity index is 1.14. The summed E-state index contributed by atoms with van der Waals surface area (Å²) in [5.74, 6) is -0.760. The minimum atomic E-state index is -5.77. The van der Waals surface area contributed by atoms with E-state index >= 15 is 0 Å². The predicted octanol–water partition coefficient (Wildman–Crippen LogP) is 3.61. The van der Waals surface area contributed by atoms with Crippen LogP contribution >= 0.6 is 18.9 Å². The van der Waals surface area contributed by atoms with Gasteiger partial charge in [0.2, 0.25) is 11.8 Å². The van der Waals surface area contributed by atoms with Crippen molar-refractivity contribution in [2.24, 2.45) is 0 Å². The zero-order valence-corrected chi connectivity index (χ0v) is 27.7. The predicted molar refractivity (Wildman–Crippen MR) is 168 cm³/mol. The van der Waals surface area contributed by atoms with Crippen LogP contribution in [0.4, 0.5) is 8.78 Å². The molecule has 5 heterocycles. The van der Waals surface area contributed by atoms with Crippen LogP contribution < -0.4 is 5.32 Å². The third-order valence-corrected chi connectivity index (χ3v) is 12.3. The van der Waals surface area contributed by atoms with Crippen LogP contribution in [0.2, 0.25) is 0 Å². The first kappa shape index (κ1) is 33.5. The van der Waals surface area contributed by atoms with Crippen LogP contribution in [0.25, 0.3) is 10.1 Å². The van der Waals surface area contributed by atoms with Gasteiger partial charge in [-0.1, -0.05) is 18.9 Å². The lowest BCUT2D eigenvalue weighted by Gasteiger charge is -2.42. The van der Waals surface area contributed by atoms with Crippen LogP contribution in [0.15, 0.2) is 41.6 Å². The molecule has 13 nitrogen and oxygen atoms in total. The normalized spacial score (nSPS) is 23.9. The molecule has 4 atom stereocenters. The molecule has 0 saturated carbocycles. The molecular formula is C29H33F2N6O7PS2. The molecule has 0 bridgehead atoms. The molecule has 3 saturated heterocycles. The smallest absolute Gasteiger partial charge is 0.340 e. The molecule has 0 radical (unpaired) electrons. The minimum absolute atomic E-state index is 0.126. The van der Waals surface area contributed by atoms with Gasteiger partial charge in [-0.15, -0.1) is 11.3 Å². The second-order valence-corrected chi connectivity index (χ2v) is 17.2. The third-order valence-electron chi connectivity index (χ3n) is 9.04. The van der Waals surface area contributed by atoms with E-state index in [0.717, 1.165) is 36.3 Å². The number of halogens is 2. The van der Waals surface area contributed by atoms with Gasteiger partial charge in [-0.3, -0.25) is 18.9 Å². The average Bonchev–Trinajstić information content (AvgIpc) is 3.60. The van der Waals surface area contributed by atoms with Crippen molar-refractivity contribution in [1.29, 1.82) is 4.78 Å². The topological polar surface area (TPSA) is 194 Å². The van der Waals surface area contributed by atoms with Gasteiger partial charge in [0, 0.05) is 48.0 Å². The molecule has 6 rings (SSSR count). The minimum Gasteiger partial charge on any atom is -0.340 e. The van der Waals surface area contributed by atoms with Crippen molar-refractivity contribution in [3.63, 3.8) is 0 Å². The van der Waals surface area contributed by atoms with E-state index in [-0.39, 0.29) is 38.9 Å². The van der Waals surface area contributed by atoms with Crippen LogP contribution in [0, 0.1) is 4.78 Å². The SMILES string of the molecule is CS(=N)(=O)c1cnc(C2CN(C(=O)[C@@H]3CC[C@@H]4CCCC[C@H](NC(=O)c5cc6cc(C(F)(F)P(=O)(O)O)ccc6s5)C(=O)N43)C2)nc1. The number of hydrogen-bond acceptors (Lipinski definition) is 9. The number of rotatable bonds is 7. The number of nitrogens with zero attached hydrogens (tertiary/aromatic N) is 4. The molecule has 0 spiro atoms. The first-order valence-corrected chi connectivity index (χ1v) is 19.4.